The second kappa shape index (κ2) is 10.0. The second-order valence-corrected chi connectivity index (χ2v) is 8.75. The van der Waals surface area contributed by atoms with Crippen LogP contribution in [-0.4, -0.2) is 28.7 Å². The first-order chi connectivity index (χ1) is 16.3. The van der Waals surface area contributed by atoms with Crippen LogP contribution in [-0.2, 0) is 11.3 Å². The molecule has 2 heterocycles. The highest BCUT2D eigenvalue weighted by molar-refractivity contribution is 6.01. The number of ether oxygens (including phenoxy) is 1. The molecule has 1 unspecified atom stereocenters. The number of allylic oxidation sites excluding steroid dienone is 2. The number of nitrogens with one attached hydrogen (secondary N) is 1. The van der Waals surface area contributed by atoms with E-state index in [0.29, 0.717) is 29.6 Å². The summed E-state index contributed by atoms with van der Waals surface area (Å²) in [7, 11) is 0. The van der Waals surface area contributed by atoms with Gasteiger partial charge in [0.05, 0.1) is 30.1 Å². The summed E-state index contributed by atoms with van der Waals surface area (Å²) in [6.07, 6.45) is 2.37. The summed E-state index contributed by atoms with van der Waals surface area (Å²) in [5, 5.41) is 8.31. The van der Waals surface area contributed by atoms with Gasteiger partial charge in [0, 0.05) is 0 Å². The number of nitrogens with zero attached hydrogens (tertiary/aromatic N) is 3. The molecule has 6 heteroatoms. The van der Waals surface area contributed by atoms with Crippen molar-refractivity contribution in [1.82, 2.24) is 15.7 Å². The fourth-order valence-corrected chi connectivity index (χ4v) is 3.89. The lowest BCUT2D eigenvalue weighted by Gasteiger charge is -2.24. The van der Waals surface area contributed by atoms with E-state index >= 15 is 0 Å². The Bertz CT molecular complexity index is 1280. The van der Waals surface area contributed by atoms with Gasteiger partial charge in [0.2, 0.25) is 0 Å². The molecule has 174 valence electrons. The molecule has 4 rings (SSSR count). The molecular weight excluding hydrogens is 424 g/mol. The molecule has 34 heavy (non-hydrogen) atoms. The topological polar surface area (TPSA) is 68.6 Å². The summed E-state index contributed by atoms with van der Waals surface area (Å²) in [6, 6.07) is 14.2. The quantitative estimate of drug-likeness (QED) is 0.485. The Balaban J connectivity index is 1.62. The monoisotopic (exact) mass is 454 g/mol. The Morgan fingerprint density at radius 3 is 2.59 bits per heavy atom. The highest BCUT2D eigenvalue weighted by atomic mass is 16.6. The standard InChI is InChI=1S/C28H30N4O2/c1-17(2)21-8-7-9-25(14-21)34-26-15-29-31-20(6)27(26)28-30-24(16-33-32-28)13-23-11-10-22(18(3)4)12-19(23)5/h7-12,14-15,24H,1,3,13,16H2,2,4-6H3,(H,30,32). The van der Waals surface area contributed by atoms with Crippen molar-refractivity contribution in [2.24, 2.45) is 4.99 Å². The van der Waals surface area contributed by atoms with E-state index in [9.17, 15) is 0 Å². The van der Waals surface area contributed by atoms with E-state index < -0.39 is 0 Å². The summed E-state index contributed by atoms with van der Waals surface area (Å²) in [6.45, 7) is 16.5. The molecule has 1 aliphatic heterocycles. The largest absolute Gasteiger partial charge is 0.455 e. The molecule has 0 radical (unpaired) electrons. The molecule has 0 aliphatic carbocycles. The molecule has 2 aromatic carbocycles. The minimum absolute atomic E-state index is 0.0437. The van der Waals surface area contributed by atoms with Crippen molar-refractivity contribution < 1.29 is 9.57 Å². The maximum absolute atomic E-state index is 6.21. The van der Waals surface area contributed by atoms with Crippen molar-refractivity contribution in [3.05, 3.63) is 95.3 Å². The van der Waals surface area contributed by atoms with E-state index in [2.05, 4.69) is 54.0 Å². The van der Waals surface area contributed by atoms with Gasteiger partial charge in [0.15, 0.2) is 11.6 Å². The van der Waals surface area contributed by atoms with Gasteiger partial charge in [-0.1, -0.05) is 54.6 Å². The summed E-state index contributed by atoms with van der Waals surface area (Å²) >= 11 is 0. The average molecular weight is 455 g/mol. The molecule has 1 aromatic heterocycles. The average Bonchev–Trinajstić information content (AvgIpc) is 2.81. The maximum atomic E-state index is 6.21. The number of hydroxylamine groups is 1. The SMILES string of the molecule is C=C(C)c1cccc(Oc2cnnc(C)c2C2=NC(Cc3ccc(C(=C)C)cc3C)CON2)c1. The first-order valence-electron chi connectivity index (χ1n) is 11.3. The highest BCUT2D eigenvalue weighted by Crippen LogP contribution is 2.29. The predicted molar refractivity (Wildman–Crippen MR) is 137 cm³/mol. The molecule has 1 aliphatic rings. The van der Waals surface area contributed by atoms with E-state index in [1.165, 1.54) is 11.1 Å². The molecule has 0 spiro atoms. The molecule has 3 aromatic rings. The minimum atomic E-state index is -0.0437. The van der Waals surface area contributed by atoms with Crippen molar-refractivity contribution in [2.45, 2.75) is 40.2 Å². The number of hydrogen-bond acceptors (Lipinski definition) is 6. The number of aryl methyl sites for hydroxylation is 2. The lowest BCUT2D eigenvalue weighted by Crippen LogP contribution is -2.37. The summed E-state index contributed by atoms with van der Waals surface area (Å²) in [4.78, 5) is 10.7. The van der Waals surface area contributed by atoms with Crippen LogP contribution in [0, 0.1) is 13.8 Å². The lowest BCUT2D eigenvalue weighted by atomic mass is 9.97. The zero-order valence-corrected chi connectivity index (χ0v) is 20.2. The fourth-order valence-electron chi connectivity index (χ4n) is 3.89. The van der Waals surface area contributed by atoms with Crippen molar-refractivity contribution in [1.29, 1.82) is 0 Å². The van der Waals surface area contributed by atoms with Gasteiger partial charge in [-0.3, -0.25) is 9.83 Å². The molecule has 0 saturated carbocycles. The number of benzene rings is 2. The van der Waals surface area contributed by atoms with Crippen LogP contribution in [0.15, 0.2) is 66.8 Å². The normalized spacial score (nSPS) is 15.3. The summed E-state index contributed by atoms with van der Waals surface area (Å²) < 4.78 is 6.21. The Kier molecular flexibility index (Phi) is 6.89. The predicted octanol–water partition coefficient (Wildman–Crippen LogP) is 5.84. The van der Waals surface area contributed by atoms with E-state index in [1.54, 1.807) is 6.20 Å². The number of amidine groups is 1. The van der Waals surface area contributed by atoms with Gasteiger partial charge >= 0.3 is 0 Å². The van der Waals surface area contributed by atoms with Gasteiger partial charge in [-0.15, -0.1) is 0 Å². The number of aliphatic imine (C=N–C) groups is 1. The van der Waals surface area contributed by atoms with Crippen LogP contribution in [0.1, 0.15) is 47.4 Å². The third-order valence-corrected chi connectivity index (χ3v) is 5.83. The van der Waals surface area contributed by atoms with Gasteiger partial charge in [-0.05, 0) is 68.5 Å². The van der Waals surface area contributed by atoms with E-state index in [0.717, 1.165) is 34.3 Å². The lowest BCUT2D eigenvalue weighted by molar-refractivity contribution is 0.0622. The third-order valence-electron chi connectivity index (χ3n) is 5.83. The zero-order valence-electron chi connectivity index (χ0n) is 20.2. The zero-order chi connectivity index (χ0) is 24.2. The van der Waals surface area contributed by atoms with Crippen LogP contribution in [0.5, 0.6) is 11.5 Å². The van der Waals surface area contributed by atoms with Gasteiger partial charge in [0.1, 0.15) is 5.75 Å². The molecule has 0 bridgehead atoms. The van der Waals surface area contributed by atoms with Crippen LogP contribution in [0.4, 0.5) is 0 Å². The third kappa shape index (κ3) is 5.24. The Morgan fingerprint density at radius 1 is 1.09 bits per heavy atom. The Morgan fingerprint density at radius 2 is 1.85 bits per heavy atom. The summed E-state index contributed by atoms with van der Waals surface area (Å²) in [5.41, 5.74) is 11.1. The molecule has 1 N–H and O–H groups in total. The van der Waals surface area contributed by atoms with E-state index in [4.69, 9.17) is 14.6 Å². The van der Waals surface area contributed by atoms with E-state index in [-0.39, 0.29) is 6.04 Å². The number of aromatic nitrogens is 2. The van der Waals surface area contributed by atoms with Gasteiger partial charge < -0.3 is 4.74 Å². The highest BCUT2D eigenvalue weighted by Gasteiger charge is 2.23. The fraction of sp³-hybridized carbons (Fsp3) is 0.250. The minimum Gasteiger partial charge on any atom is -0.455 e. The van der Waals surface area contributed by atoms with Crippen LogP contribution < -0.4 is 10.2 Å². The van der Waals surface area contributed by atoms with Crippen molar-refractivity contribution in [2.75, 3.05) is 6.61 Å². The molecule has 6 nitrogen and oxygen atoms in total. The smallest absolute Gasteiger partial charge is 0.160 e. The van der Waals surface area contributed by atoms with Gasteiger partial charge in [0.25, 0.3) is 0 Å². The number of hydrogen-bond donors (Lipinski definition) is 1. The van der Waals surface area contributed by atoms with Gasteiger partial charge in [-0.2, -0.15) is 10.2 Å². The first-order valence-corrected chi connectivity index (χ1v) is 11.3. The molecule has 0 fully saturated rings. The summed E-state index contributed by atoms with van der Waals surface area (Å²) in [5.74, 6) is 1.84. The Hall–Kier alpha value is -3.77. The van der Waals surface area contributed by atoms with Gasteiger partial charge in [-0.25, -0.2) is 5.48 Å². The van der Waals surface area contributed by atoms with E-state index in [1.807, 2.05) is 45.0 Å². The van der Waals surface area contributed by atoms with Crippen LogP contribution in [0.3, 0.4) is 0 Å². The Labute approximate surface area is 201 Å². The van der Waals surface area contributed by atoms with Crippen molar-refractivity contribution in [3.63, 3.8) is 0 Å². The molecule has 0 saturated heterocycles. The van der Waals surface area contributed by atoms with Crippen molar-refractivity contribution in [3.8, 4) is 11.5 Å². The molecule has 1 atom stereocenters. The maximum Gasteiger partial charge on any atom is 0.160 e. The number of rotatable bonds is 7. The first kappa shape index (κ1) is 23.4. The van der Waals surface area contributed by atoms with Crippen molar-refractivity contribution >= 4 is 17.0 Å². The molecule has 0 amide bonds. The van der Waals surface area contributed by atoms with Crippen LogP contribution in [0.2, 0.25) is 0 Å². The van der Waals surface area contributed by atoms with Crippen LogP contribution >= 0.6 is 0 Å². The second-order valence-electron chi connectivity index (χ2n) is 8.75. The molecular formula is C28H30N4O2. The van der Waals surface area contributed by atoms with Crippen LogP contribution in [0.25, 0.3) is 11.1 Å².